The van der Waals surface area contributed by atoms with Gasteiger partial charge in [0.15, 0.2) is 6.29 Å². The molecule has 0 radical (unpaired) electrons. The summed E-state index contributed by atoms with van der Waals surface area (Å²) in [6.07, 6.45) is 8.63. The molecule has 0 aromatic heterocycles. The third-order valence-corrected chi connectivity index (χ3v) is 10.7. The van der Waals surface area contributed by atoms with Crippen molar-refractivity contribution >= 4 is 12.2 Å². The second-order valence-corrected chi connectivity index (χ2v) is 11.9. The van der Waals surface area contributed by atoms with Crippen LogP contribution >= 0.6 is 0 Å². The van der Waals surface area contributed by atoms with Crippen molar-refractivity contribution in [3.63, 3.8) is 0 Å². The van der Waals surface area contributed by atoms with Crippen molar-refractivity contribution in [1.29, 1.82) is 0 Å². The van der Waals surface area contributed by atoms with E-state index in [0.717, 1.165) is 31.3 Å². The minimum Gasteiger partial charge on any atom is -0.458 e. The van der Waals surface area contributed by atoms with Gasteiger partial charge in [-0.2, -0.15) is 0 Å². The van der Waals surface area contributed by atoms with Crippen LogP contribution in [0.1, 0.15) is 64.7 Å². The summed E-state index contributed by atoms with van der Waals surface area (Å²) in [7, 11) is 3.16. The standard InChI is InChI=1S/C27H41NO7/c1-24-8-5-20-21(27(24,32)11-7-19(24)17-12-22(30)35-15-17)6-10-26(31)13-18(29)4-9-25(20,26)16-28-14-23(33-2)34-3/h12,16,18-21,23,29,31-32H,4-11,13-15H2,1-3H3/t18-,19+,20-,21+,24+,25-,26+,27+/m0/s1. The first-order valence-corrected chi connectivity index (χ1v) is 13.2. The van der Waals surface area contributed by atoms with Crippen molar-refractivity contribution in [2.24, 2.45) is 33.6 Å². The van der Waals surface area contributed by atoms with Crippen molar-refractivity contribution in [1.82, 2.24) is 0 Å². The zero-order chi connectivity index (χ0) is 25.1. The highest BCUT2D eigenvalue weighted by atomic mass is 16.7. The normalized spacial score (nSPS) is 47.4. The lowest BCUT2D eigenvalue weighted by atomic mass is 9.41. The zero-order valence-electron chi connectivity index (χ0n) is 21.2. The van der Waals surface area contributed by atoms with Crippen molar-refractivity contribution in [3.8, 4) is 0 Å². The first-order valence-electron chi connectivity index (χ1n) is 13.2. The lowest BCUT2D eigenvalue weighted by Gasteiger charge is -2.65. The molecule has 1 heterocycles. The molecular formula is C27H41NO7. The smallest absolute Gasteiger partial charge is 0.331 e. The SMILES string of the molecule is COC(CN=C[C@]12CC[C@H](O)C[C@]1(O)CC[C@@H]1[C@@H]2CC[C@]2(C)[C@@H](C3=CC(=O)OC3)CC[C@@]12O)OC. The van der Waals surface area contributed by atoms with E-state index in [9.17, 15) is 20.1 Å². The fourth-order valence-corrected chi connectivity index (χ4v) is 8.91. The highest BCUT2D eigenvalue weighted by molar-refractivity contribution is 5.85. The molecular weight excluding hydrogens is 450 g/mol. The van der Waals surface area contributed by atoms with Crippen LogP contribution in [-0.2, 0) is 19.0 Å². The Hall–Kier alpha value is -1.32. The topological polar surface area (TPSA) is 118 Å². The number of aliphatic hydroxyl groups excluding tert-OH is 1. The molecule has 4 fully saturated rings. The van der Waals surface area contributed by atoms with Crippen LogP contribution in [0.3, 0.4) is 0 Å². The van der Waals surface area contributed by atoms with Gasteiger partial charge in [-0.25, -0.2) is 4.79 Å². The largest absolute Gasteiger partial charge is 0.458 e. The van der Waals surface area contributed by atoms with Gasteiger partial charge in [0.1, 0.15) is 6.61 Å². The van der Waals surface area contributed by atoms with Gasteiger partial charge < -0.3 is 29.5 Å². The van der Waals surface area contributed by atoms with Crippen molar-refractivity contribution in [2.75, 3.05) is 27.4 Å². The second kappa shape index (κ2) is 8.91. The van der Waals surface area contributed by atoms with E-state index in [1.807, 2.05) is 6.21 Å². The van der Waals surface area contributed by atoms with Gasteiger partial charge in [0.05, 0.1) is 23.9 Å². The molecule has 196 valence electrons. The Morgan fingerprint density at radius 2 is 1.86 bits per heavy atom. The summed E-state index contributed by atoms with van der Waals surface area (Å²) >= 11 is 0. The minimum absolute atomic E-state index is 0.0208. The van der Waals surface area contributed by atoms with E-state index in [-0.39, 0.29) is 29.1 Å². The molecule has 3 N–H and O–H groups in total. The molecule has 5 aliphatic rings. The number of cyclic esters (lactones) is 1. The summed E-state index contributed by atoms with van der Waals surface area (Å²) < 4.78 is 15.8. The van der Waals surface area contributed by atoms with Crippen molar-refractivity contribution in [2.45, 2.75) is 88.3 Å². The summed E-state index contributed by atoms with van der Waals surface area (Å²) in [6.45, 7) is 2.85. The van der Waals surface area contributed by atoms with Gasteiger partial charge in [-0.3, -0.25) is 4.99 Å². The third-order valence-electron chi connectivity index (χ3n) is 10.7. The van der Waals surface area contributed by atoms with Crippen LogP contribution in [0.5, 0.6) is 0 Å². The number of nitrogens with zero attached hydrogens (tertiary/aromatic N) is 1. The summed E-state index contributed by atoms with van der Waals surface area (Å²) in [5.41, 5.74) is -1.87. The van der Waals surface area contributed by atoms with E-state index >= 15 is 0 Å². The number of aliphatic imine (C=N–C) groups is 1. The minimum atomic E-state index is -1.05. The highest BCUT2D eigenvalue weighted by Crippen LogP contribution is 2.70. The van der Waals surface area contributed by atoms with Crippen LogP contribution in [0, 0.1) is 28.6 Å². The molecule has 0 unspecified atom stereocenters. The summed E-state index contributed by atoms with van der Waals surface area (Å²) in [5.74, 6) is -0.0692. The van der Waals surface area contributed by atoms with E-state index in [2.05, 4.69) is 6.92 Å². The van der Waals surface area contributed by atoms with Gasteiger partial charge in [0.25, 0.3) is 0 Å². The summed E-state index contributed by atoms with van der Waals surface area (Å²) in [6, 6.07) is 0. The van der Waals surface area contributed by atoms with E-state index in [4.69, 9.17) is 19.2 Å². The molecule has 4 aliphatic carbocycles. The van der Waals surface area contributed by atoms with Crippen LogP contribution < -0.4 is 0 Å². The number of hydrogen-bond donors (Lipinski definition) is 3. The average Bonchev–Trinajstić information content (AvgIpc) is 3.36. The number of hydrogen-bond acceptors (Lipinski definition) is 8. The van der Waals surface area contributed by atoms with Gasteiger partial charge in [-0.1, -0.05) is 6.92 Å². The number of methoxy groups -OCH3 is 2. The third kappa shape index (κ3) is 3.66. The van der Waals surface area contributed by atoms with E-state index < -0.39 is 29.0 Å². The number of esters is 1. The first-order chi connectivity index (χ1) is 16.6. The predicted molar refractivity (Wildman–Crippen MR) is 129 cm³/mol. The maximum Gasteiger partial charge on any atom is 0.331 e. The number of fused-ring (bicyclic) bond motifs is 5. The zero-order valence-corrected chi connectivity index (χ0v) is 21.2. The Morgan fingerprint density at radius 1 is 1.11 bits per heavy atom. The maximum absolute atomic E-state index is 12.4. The number of rotatable bonds is 6. The van der Waals surface area contributed by atoms with E-state index in [0.29, 0.717) is 45.3 Å². The Morgan fingerprint density at radius 3 is 2.54 bits per heavy atom. The molecule has 0 spiro atoms. The molecule has 35 heavy (non-hydrogen) atoms. The average molecular weight is 492 g/mol. The Kier molecular flexibility index (Phi) is 6.45. The Bertz CT molecular complexity index is 902. The molecule has 0 bridgehead atoms. The monoisotopic (exact) mass is 491 g/mol. The van der Waals surface area contributed by atoms with Gasteiger partial charge in [0, 0.05) is 43.8 Å². The number of carbonyl (C=O) groups is 1. The van der Waals surface area contributed by atoms with Crippen molar-refractivity contribution < 1.29 is 34.3 Å². The molecule has 0 aromatic rings. The number of carbonyl (C=O) groups excluding carboxylic acids is 1. The van der Waals surface area contributed by atoms with E-state index in [1.165, 1.54) is 0 Å². The van der Waals surface area contributed by atoms with Crippen LogP contribution in [0.15, 0.2) is 16.6 Å². The molecule has 4 saturated carbocycles. The number of ether oxygens (including phenoxy) is 3. The molecule has 8 atom stereocenters. The molecule has 0 aromatic carbocycles. The summed E-state index contributed by atoms with van der Waals surface area (Å²) in [4.78, 5) is 16.5. The molecule has 8 nitrogen and oxygen atoms in total. The van der Waals surface area contributed by atoms with Crippen molar-refractivity contribution in [3.05, 3.63) is 11.6 Å². The lowest BCUT2D eigenvalue weighted by Crippen LogP contribution is -2.68. The predicted octanol–water partition coefficient (Wildman–Crippen LogP) is 2.39. The van der Waals surface area contributed by atoms with Crippen LogP contribution in [0.2, 0.25) is 0 Å². The molecule has 8 heteroatoms. The van der Waals surface area contributed by atoms with Crippen LogP contribution in [0.25, 0.3) is 0 Å². The van der Waals surface area contributed by atoms with Gasteiger partial charge >= 0.3 is 5.97 Å². The Balaban J connectivity index is 1.49. The molecule has 5 rings (SSSR count). The quantitative estimate of drug-likeness (QED) is 0.297. The van der Waals surface area contributed by atoms with Crippen LogP contribution in [-0.4, -0.2) is 78.5 Å². The Labute approximate surface area is 207 Å². The second-order valence-electron chi connectivity index (χ2n) is 11.9. The first kappa shape index (κ1) is 25.3. The fourth-order valence-electron chi connectivity index (χ4n) is 8.91. The molecule has 0 saturated heterocycles. The van der Waals surface area contributed by atoms with Gasteiger partial charge in [-0.05, 0) is 74.7 Å². The number of aliphatic hydroxyl groups is 3. The van der Waals surface area contributed by atoms with Crippen LogP contribution in [0.4, 0.5) is 0 Å². The van der Waals surface area contributed by atoms with Gasteiger partial charge in [0.2, 0.25) is 0 Å². The molecule has 1 aliphatic heterocycles. The fraction of sp³-hybridized carbons (Fsp3) is 0.852. The van der Waals surface area contributed by atoms with Gasteiger partial charge in [-0.15, -0.1) is 0 Å². The highest BCUT2D eigenvalue weighted by Gasteiger charge is 2.71. The molecule has 0 amide bonds. The maximum atomic E-state index is 12.4. The lowest BCUT2D eigenvalue weighted by molar-refractivity contribution is -0.237. The van der Waals surface area contributed by atoms with E-state index in [1.54, 1.807) is 20.3 Å². The summed E-state index contributed by atoms with van der Waals surface area (Å²) in [5, 5.41) is 34.9.